The molecule has 0 saturated heterocycles. The van der Waals surface area contributed by atoms with Gasteiger partial charge < -0.3 is 19.0 Å². The Morgan fingerprint density at radius 3 is 2.04 bits per heavy atom. The number of ether oxygens (including phenoxy) is 2. The lowest BCUT2D eigenvalue weighted by Gasteiger charge is -2.10. The van der Waals surface area contributed by atoms with Crippen molar-refractivity contribution < 1.29 is 23.8 Å². The molecule has 5 nitrogen and oxygen atoms in total. The molecule has 27 heavy (non-hydrogen) atoms. The molecule has 2 aromatic carbocycles. The lowest BCUT2D eigenvalue weighted by Crippen LogP contribution is -2.04. The first-order chi connectivity index (χ1) is 13.0. The Kier molecular flexibility index (Phi) is 5.50. The number of rotatable bonds is 7. The Hall–Kier alpha value is -3.21. The van der Waals surface area contributed by atoms with E-state index in [0.717, 1.165) is 22.4 Å². The molecule has 0 spiro atoms. The average molecular weight is 366 g/mol. The van der Waals surface area contributed by atoms with Crippen molar-refractivity contribution in [3.63, 3.8) is 0 Å². The number of hydrogen-bond acceptors (Lipinski definition) is 4. The topological polar surface area (TPSA) is 68.9 Å². The van der Waals surface area contributed by atoms with E-state index in [-0.39, 0.29) is 18.3 Å². The first-order valence-electron chi connectivity index (χ1n) is 8.70. The fourth-order valence-corrected chi connectivity index (χ4v) is 3.00. The standard InChI is InChI=1S/C22H22O5/c1-14(2)20-17(13-27-21(20)22(23)24)12-26-19-10-6-16(7-11-19)15-4-8-18(25-3)9-5-15/h4-11,13-14H,12H2,1-3H3,(H,23,24). The molecule has 0 aliphatic rings. The van der Waals surface area contributed by atoms with Crippen LogP contribution < -0.4 is 9.47 Å². The number of furan rings is 1. The Balaban J connectivity index is 1.71. The number of benzene rings is 2. The van der Waals surface area contributed by atoms with E-state index in [1.807, 2.05) is 62.4 Å². The van der Waals surface area contributed by atoms with E-state index in [2.05, 4.69) is 0 Å². The molecule has 0 amide bonds. The van der Waals surface area contributed by atoms with Crippen molar-refractivity contribution in [1.29, 1.82) is 0 Å². The number of methoxy groups -OCH3 is 1. The van der Waals surface area contributed by atoms with Crippen molar-refractivity contribution in [2.75, 3.05) is 7.11 Å². The smallest absolute Gasteiger partial charge is 0.372 e. The van der Waals surface area contributed by atoms with Gasteiger partial charge in [-0.1, -0.05) is 38.1 Å². The van der Waals surface area contributed by atoms with Crippen LogP contribution in [0.15, 0.2) is 59.2 Å². The van der Waals surface area contributed by atoms with Gasteiger partial charge in [0.25, 0.3) is 0 Å². The monoisotopic (exact) mass is 366 g/mol. The van der Waals surface area contributed by atoms with Gasteiger partial charge in [-0.3, -0.25) is 0 Å². The number of carboxylic acids is 1. The molecule has 1 heterocycles. The summed E-state index contributed by atoms with van der Waals surface area (Å²) in [6.45, 7) is 4.13. The molecule has 3 rings (SSSR count). The van der Waals surface area contributed by atoms with E-state index in [9.17, 15) is 9.90 Å². The van der Waals surface area contributed by atoms with E-state index >= 15 is 0 Å². The first-order valence-corrected chi connectivity index (χ1v) is 8.70. The second kappa shape index (κ2) is 7.99. The fourth-order valence-electron chi connectivity index (χ4n) is 3.00. The van der Waals surface area contributed by atoms with E-state index in [0.29, 0.717) is 11.3 Å². The van der Waals surface area contributed by atoms with Gasteiger partial charge >= 0.3 is 5.97 Å². The molecule has 140 valence electrons. The Morgan fingerprint density at radius 1 is 1.00 bits per heavy atom. The zero-order valence-corrected chi connectivity index (χ0v) is 15.6. The van der Waals surface area contributed by atoms with Gasteiger partial charge in [0.1, 0.15) is 18.1 Å². The van der Waals surface area contributed by atoms with Crippen LogP contribution in [-0.4, -0.2) is 18.2 Å². The van der Waals surface area contributed by atoms with Crippen molar-refractivity contribution in [3.8, 4) is 22.6 Å². The number of hydrogen-bond donors (Lipinski definition) is 1. The van der Waals surface area contributed by atoms with Crippen LogP contribution in [0.25, 0.3) is 11.1 Å². The summed E-state index contributed by atoms with van der Waals surface area (Å²) in [5.41, 5.74) is 3.59. The molecule has 0 aliphatic heterocycles. The molecule has 5 heteroatoms. The van der Waals surface area contributed by atoms with Crippen LogP contribution in [0, 0.1) is 0 Å². The summed E-state index contributed by atoms with van der Waals surface area (Å²) in [4.78, 5) is 11.3. The minimum absolute atomic E-state index is 0.0153. The highest BCUT2D eigenvalue weighted by Crippen LogP contribution is 2.28. The molecule has 3 aromatic rings. The molecule has 0 saturated carbocycles. The van der Waals surface area contributed by atoms with Gasteiger partial charge in [-0.2, -0.15) is 0 Å². The molecule has 0 radical (unpaired) electrons. The maximum absolute atomic E-state index is 11.3. The average Bonchev–Trinajstić information content (AvgIpc) is 3.11. The van der Waals surface area contributed by atoms with Crippen LogP contribution in [0.2, 0.25) is 0 Å². The molecule has 0 fully saturated rings. The highest BCUT2D eigenvalue weighted by atomic mass is 16.5. The normalized spacial score (nSPS) is 10.8. The molecule has 1 aromatic heterocycles. The van der Waals surface area contributed by atoms with Crippen LogP contribution in [0.1, 0.15) is 41.4 Å². The summed E-state index contributed by atoms with van der Waals surface area (Å²) in [7, 11) is 1.64. The minimum Gasteiger partial charge on any atom is -0.497 e. The van der Waals surface area contributed by atoms with Crippen LogP contribution >= 0.6 is 0 Å². The van der Waals surface area contributed by atoms with Gasteiger partial charge in [-0.25, -0.2) is 4.79 Å². The van der Waals surface area contributed by atoms with Gasteiger partial charge in [-0.15, -0.1) is 0 Å². The summed E-state index contributed by atoms with van der Waals surface area (Å²) < 4.78 is 16.2. The third-order valence-corrected chi connectivity index (χ3v) is 4.35. The van der Waals surface area contributed by atoms with Gasteiger partial charge in [0.2, 0.25) is 5.76 Å². The predicted molar refractivity (Wildman–Crippen MR) is 103 cm³/mol. The first kappa shape index (κ1) is 18.6. The maximum Gasteiger partial charge on any atom is 0.372 e. The molecule has 1 N–H and O–H groups in total. The van der Waals surface area contributed by atoms with Crippen LogP contribution in [0.5, 0.6) is 11.5 Å². The minimum atomic E-state index is -1.06. The van der Waals surface area contributed by atoms with Crippen LogP contribution in [0.4, 0.5) is 0 Å². The second-order valence-corrected chi connectivity index (χ2v) is 6.51. The SMILES string of the molecule is COc1ccc(-c2ccc(OCc3coc(C(=O)O)c3C(C)C)cc2)cc1. The summed E-state index contributed by atoms with van der Waals surface area (Å²) in [5.74, 6) is 0.485. The van der Waals surface area contributed by atoms with Gasteiger partial charge in [-0.05, 0) is 41.3 Å². The third kappa shape index (κ3) is 4.14. The predicted octanol–water partition coefficient (Wildman–Crippen LogP) is 5.36. The maximum atomic E-state index is 11.3. The quantitative estimate of drug-likeness (QED) is 0.610. The highest BCUT2D eigenvalue weighted by Gasteiger charge is 2.22. The summed E-state index contributed by atoms with van der Waals surface area (Å²) in [6, 6.07) is 15.6. The lowest BCUT2D eigenvalue weighted by molar-refractivity contribution is 0.0660. The van der Waals surface area contributed by atoms with E-state index in [1.54, 1.807) is 7.11 Å². The fraction of sp³-hybridized carbons (Fsp3) is 0.227. The molecule has 0 unspecified atom stereocenters. The van der Waals surface area contributed by atoms with E-state index in [1.165, 1.54) is 6.26 Å². The van der Waals surface area contributed by atoms with Gasteiger partial charge in [0, 0.05) is 11.1 Å². The van der Waals surface area contributed by atoms with Gasteiger partial charge in [0.05, 0.1) is 13.4 Å². The summed E-state index contributed by atoms with van der Waals surface area (Å²) >= 11 is 0. The van der Waals surface area contributed by atoms with Crippen molar-refractivity contribution in [3.05, 3.63) is 71.7 Å². The number of carboxylic acid groups (broad SMARTS) is 1. The highest BCUT2D eigenvalue weighted by molar-refractivity contribution is 5.86. The molecule has 0 atom stereocenters. The second-order valence-electron chi connectivity index (χ2n) is 6.51. The molecule has 0 aliphatic carbocycles. The summed E-state index contributed by atoms with van der Waals surface area (Å²) in [6.07, 6.45) is 1.46. The van der Waals surface area contributed by atoms with Crippen molar-refractivity contribution in [2.45, 2.75) is 26.4 Å². The van der Waals surface area contributed by atoms with Crippen LogP contribution in [-0.2, 0) is 6.61 Å². The molecule has 0 bridgehead atoms. The van der Waals surface area contributed by atoms with Crippen molar-refractivity contribution >= 4 is 5.97 Å². The number of aromatic carboxylic acids is 1. The Labute approximate surface area is 158 Å². The van der Waals surface area contributed by atoms with Crippen molar-refractivity contribution in [2.24, 2.45) is 0 Å². The lowest BCUT2D eigenvalue weighted by atomic mass is 9.99. The zero-order chi connectivity index (χ0) is 19.4. The third-order valence-electron chi connectivity index (χ3n) is 4.35. The molecular formula is C22H22O5. The largest absolute Gasteiger partial charge is 0.497 e. The summed E-state index contributed by atoms with van der Waals surface area (Å²) in [5, 5.41) is 9.24. The van der Waals surface area contributed by atoms with E-state index in [4.69, 9.17) is 13.9 Å². The Morgan fingerprint density at radius 2 is 1.56 bits per heavy atom. The van der Waals surface area contributed by atoms with Gasteiger partial charge in [0.15, 0.2) is 0 Å². The molecular weight excluding hydrogens is 344 g/mol. The zero-order valence-electron chi connectivity index (χ0n) is 15.6. The van der Waals surface area contributed by atoms with Crippen LogP contribution in [0.3, 0.4) is 0 Å². The van der Waals surface area contributed by atoms with E-state index < -0.39 is 5.97 Å². The Bertz CT molecular complexity index is 905. The van der Waals surface area contributed by atoms with Crippen molar-refractivity contribution in [1.82, 2.24) is 0 Å². The number of carbonyl (C=O) groups is 1.